The molecule has 1 unspecified atom stereocenters. The van der Waals surface area contributed by atoms with Crippen LogP contribution in [0, 0.1) is 0 Å². The number of Topliss-reactive ketones (excluding diaryl/α,β-unsaturated/α-hetero) is 1. The smallest absolute Gasteiger partial charge is 0.320 e. The summed E-state index contributed by atoms with van der Waals surface area (Å²) in [5, 5.41) is 8.56. The molecule has 0 amide bonds. The van der Waals surface area contributed by atoms with E-state index in [1.54, 1.807) is 6.07 Å². The van der Waals surface area contributed by atoms with Crippen LogP contribution in [0.15, 0.2) is 13.6 Å². The second kappa shape index (κ2) is 5.20. The molecule has 4 nitrogen and oxygen atoms in total. The van der Waals surface area contributed by atoms with Crippen molar-refractivity contribution >= 4 is 54.9 Å². The van der Waals surface area contributed by atoms with Crippen molar-refractivity contribution in [3.63, 3.8) is 0 Å². The molecular weight excluding hydrogens is 350 g/mol. The van der Waals surface area contributed by atoms with Gasteiger partial charge in [0.15, 0.2) is 5.78 Å². The number of hydrogen-bond donors (Lipinski definition) is 2. The molecule has 0 aromatic carbocycles. The van der Waals surface area contributed by atoms with E-state index in [0.29, 0.717) is 9.35 Å². The van der Waals surface area contributed by atoms with E-state index in [2.05, 4.69) is 31.9 Å². The van der Waals surface area contributed by atoms with E-state index in [1.165, 1.54) is 11.3 Å². The third-order valence-electron chi connectivity index (χ3n) is 1.68. The second-order valence-corrected chi connectivity index (χ2v) is 6.56. The van der Waals surface area contributed by atoms with Crippen LogP contribution in [-0.4, -0.2) is 22.9 Å². The summed E-state index contributed by atoms with van der Waals surface area (Å²) >= 11 is 7.82. The number of rotatable bonds is 4. The van der Waals surface area contributed by atoms with Gasteiger partial charge in [0.1, 0.15) is 6.04 Å². The molecule has 15 heavy (non-hydrogen) atoms. The first kappa shape index (κ1) is 12.8. The number of carboxylic acids is 1. The molecule has 0 radical (unpaired) electrons. The molecule has 1 atom stereocenters. The van der Waals surface area contributed by atoms with Gasteiger partial charge in [-0.15, -0.1) is 11.3 Å². The third kappa shape index (κ3) is 3.37. The van der Waals surface area contributed by atoms with Crippen molar-refractivity contribution in [2.24, 2.45) is 5.73 Å². The number of thiophene rings is 1. The van der Waals surface area contributed by atoms with Crippen molar-refractivity contribution in [2.45, 2.75) is 12.5 Å². The maximum atomic E-state index is 11.6. The van der Waals surface area contributed by atoms with Gasteiger partial charge in [-0.3, -0.25) is 9.59 Å². The third-order valence-corrected chi connectivity index (χ3v) is 4.02. The van der Waals surface area contributed by atoms with E-state index in [0.717, 1.165) is 3.79 Å². The fraction of sp³-hybridized carbons (Fsp3) is 0.250. The molecule has 1 aromatic rings. The van der Waals surface area contributed by atoms with Gasteiger partial charge in [0.2, 0.25) is 0 Å². The summed E-state index contributed by atoms with van der Waals surface area (Å²) in [6, 6.07) is 0.495. The summed E-state index contributed by atoms with van der Waals surface area (Å²) in [6.07, 6.45) is -0.197. The van der Waals surface area contributed by atoms with Gasteiger partial charge in [0, 0.05) is 12.0 Å². The molecular formula is C8H7Br2NO3S. The Hall–Kier alpha value is -0.240. The Morgan fingerprint density at radius 2 is 2.13 bits per heavy atom. The zero-order chi connectivity index (χ0) is 11.6. The van der Waals surface area contributed by atoms with Crippen molar-refractivity contribution in [3.8, 4) is 0 Å². The van der Waals surface area contributed by atoms with Gasteiger partial charge in [0.25, 0.3) is 0 Å². The first-order chi connectivity index (χ1) is 6.91. The van der Waals surface area contributed by atoms with Gasteiger partial charge >= 0.3 is 5.97 Å². The Kier molecular flexibility index (Phi) is 4.45. The molecule has 0 spiro atoms. The van der Waals surface area contributed by atoms with Crippen molar-refractivity contribution in [1.29, 1.82) is 0 Å². The van der Waals surface area contributed by atoms with Gasteiger partial charge < -0.3 is 10.8 Å². The average molecular weight is 357 g/mol. The van der Waals surface area contributed by atoms with Gasteiger partial charge in [-0.1, -0.05) is 0 Å². The molecule has 0 fully saturated rings. The fourth-order valence-corrected chi connectivity index (χ4v) is 3.78. The highest BCUT2D eigenvalue weighted by molar-refractivity contribution is 9.12. The standard InChI is InChI=1S/C8H7Br2NO3S/c9-6-1-3(7(10)15-6)5(12)2-4(11)8(13)14/h1,4H,2,11H2,(H,13,14). The summed E-state index contributed by atoms with van der Waals surface area (Å²) in [5.74, 6) is -1.45. The lowest BCUT2D eigenvalue weighted by atomic mass is 10.1. The predicted octanol–water partition coefficient (Wildman–Crippen LogP) is 2.26. The van der Waals surface area contributed by atoms with Crippen molar-refractivity contribution < 1.29 is 14.7 Å². The Labute approximate surface area is 107 Å². The van der Waals surface area contributed by atoms with Crippen LogP contribution in [0.3, 0.4) is 0 Å². The van der Waals surface area contributed by atoms with Crippen molar-refractivity contribution in [3.05, 3.63) is 19.2 Å². The number of carboxylic acid groups (broad SMARTS) is 1. The van der Waals surface area contributed by atoms with E-state index >= 15 is 0 Å². The lowest BCUT2D eigenvalue weighted by molar-refractivity contribution is -0.138. The lowest BCUT2D eigenvalue weighted by Crippen LogP contribution is -2.32. The van der Waals surface area contributed by atoms with Gasteiger partial charge in [-0.2, -0.15) is 0 Å². The maximum Gasteiger partial charge on any atom is 0.320 e. The molecule has 0 aliphatic carbocycles. The van der Waals surface area contributed by atoms with Crippen molar-refractivity contribution in [1.82, 2.24) is 0 Å². The molecule has 0 aliphatic heterocycles. The van der Waals surface area contributed by atoms with E-state index in [-0.39, 0.29) is 12.2 Å². The molecule has 1 heterocycles. The second-order valence-electron chi connectivity index (χ2n) is 2.81. The van der Waals surface area contributed by atoms with E-state index in [9.17, 15) is 9.59 Å². The highest BCUT2D eigenvalue weighted by atomic mass is 79.9. The largest absolute Gasteiger partial charge is 0.480 e. The number of halogens is 2. The fourth-order valence-electron chi connectivity index (χ4n) is 0.927. The first-order valence-electron chi connectivity index (χ1n) is 3.88. The quantitative estimate of drug-likeness (QED) is 0.811. The maximum absolute atomic E-state index is 11.6. The summed E-state index contributed by atoms with van der Waals surface area (Å²) < 4.78 is 1.48. The zero-order valence-corrected chi connectivity index (χ0v) is 11.4. The number of hydrogen-bond acceptors (Lipinski definition) is 4. The van der Waals surface area contributed by atoms with Gasteiger partial charge in [-0.25, -0.2) is 0 Å². The molecule has 3 N–H and O–H groups in total. The van der Waals surface area contributed by atoms with E-state index in [4.69, 9.17) is 10.8 Å². The number of carbonyl (C=O) groups excluding carboxylic acids is 1. The monoisotopic (exact) mass is 355 g/mol. The van der Waals surface area contributed by atoms with Crippen LogP contribution in [-0.2, 0) is 4.79 Å². The molecule has 7 heteroatoms. The van der Waals surface area contributed by atoms with Gasteiger partial charge in [-0.05, 0) is 37.9 Å². The molecule has 0 saturated carbocycles. The Morgan fingerprint density at radius 1 is 1.53 bits per heavy atom. The molecule has 1 aromatic heterocycles. The first-order valence-corrected chi connectivity index (χ1v) is 6.28. The normalized spacial score (nSPS) is 12.5. The Morgan fingerprint density at radius 3 is 2.53 bits per heavy atom. The average Bonchev–Trinajstić information content (AvgIpc) is 2.44. The zero-order valence-electron chi connectivity index (χ0n) is 7.37. The molecule has 82 valence electrons. The minimum absolute atomic E-state index is 0.197. The number of ketones is 1. The lowest BCUT2D eigenvalue weighted by Gasteiger charge is -2.03. The number of carbonyl (C=O) groups is 2. The van der Waals surface area contributed by atoms with E-state index < -0.39 is 12.0 Å². The van der Waals surface area contributed by atoms with Crippen LogP contribution >= 0.6 is 43.2 Å². The van der Waals surface area contributed by atoms with Crippen LogP contribution in [0.5, 0.6) is 0 Å². The van der Waals surface area contributed by atoms with Crippen LogP contribution in [0.1, 0.15) is 16.8 Å². The molecule has 1 rings (SSSR count). The SMILES string of the molecule is NC(CC(=O)c1cc(Br)sc1Br)C(=O)O. The minimum atomic E-state index is -1.17. The highest BCUT2D eigenvalue weighted by Gasteiger charge is 2.20. The predicted molar refractivity (Wildman–Crippen MR) is 64.3 cm³/mol. The minimum Gasteiger partial charge on any atom is -0.480 e. The van der Waals surface area contributed by atoms with Gasteiger partial charge in [0.05, 0.1) is 7.57 Å². The molecule has 0 bridgehead atoms. The summed E-state index contributed by atoms with van der Waals surface area (Å²) in [5.41, 5.74) is 5.73. The van der Waals surface area contributed by atoms with Crippen molar-refractivity contribution in [2.75, 3.05) is 0 Å². The summed E-state index contributed by atoms with van der Waals surface area (Å²) in [6.45, 7) is 0. The molecule has 0 aliphatic rings. The number of aliphatic carboxylic acids is 1. The summed E-state index contributed by atoms with van der Waals surface area (Å²) in [4.78, 5) is 22.1. The van der Waals surface area contributed by atoms with Crippen LogP contribution < -0.4 is 5.73 Å². The summed E-state index contributed by atoms with van der Waals surface area (Å²) in [7, 11) is 0. The Balaban J connectivity index is 2.77. The van der Waals surface area contributed by atoms with E-state index in [1.807, 2.05) is 0 Å². The highest BCUT2D eigenvalue weighted by Crippen LogP contribution is 2.32. The molecule has 0 saturated heterocycles. The Bertz CT molecular complexity index is 405. The van der Waals surface area contributed by atoms with Crippen LogP contribution in [0.2, 0.25) is 0 Å². The van der Waals surface area contributed by atoms with Crippen LogP contribution in [0.4, 0.5) is 0 Å². The topological polar surface area (TPSA) is 80.4 Å². The number of nitrogens with two attached hydrogens (primary N) is 1. The van der Waals surface area contributed by atoms with Crippen LogP contribution in [0.25, 0.3) is 0 Å².